The molecule has 6 nitrogen and oxygen atoms in total. The number of imidazole rings is 1. The predicted molar refractivity (Wildman–Crippen MR) is 101 cm³/mol. The van der Waals surface area contributed by atoms with Gasteiger partial charge in [-0.25, -0.2) is 4.98 Å². The van der Waals surface area contributed by atoms with E-state index in [1.54, 1.807) is 24.3 Å². The topological polar surface area (TPSA) is 86.9 Å². The molecule has 2 heterocycles. The van der Waals surface area contributed by atoms with E-state index in [0.717, 1.165) is 16.6 Å². The maximum Gasteiger partial charge on any atom is 0.408 e. The zero-order valence-corrected chi connectivity index (χ0v) is 15.1. The summed E-state index contributed by atoms with van der Waals surface area (Å²) in [7, 11) is 0. The van der Waals surface area contributed by atoms with Gasteiger partial charge in [-0.2, -0.15) is 13.2 Å². The summed E-state index contributed by atoms with van der Waals surface area (Å²) in [6.07, 6.45) is -4.99. The summed E-state index contributed by atoms with van der Waals surface area (Å²) in [6, 6.07) is 12.5. The highest BCUT2D eigenvalue weighted by molar-refractivity contribution is 6.07. The number of nitrogens with zero attached hydrogens (tertiary/aromatic N) is 1. The highest BCUT2D eigenvalue weighted by Crippen LogP contribution is 2.29. The van der Waals surface area contributed by atoms with Crippen molar-refractivity contribution in [3.8, 4) is 11.4 Å². The minimum absolute atomic E-state index is 0.154. The number of piperidine rings is 1. The van der Waals surface area contributed by atoms with Crippen molar-refractivity contribution >= 4 is 28.5 Å². The number of para-hydroxylation sites is 2. The minimum atomic E-state index is -4.51. The number of rotatable bonds is 3. The van der Waals surface area contributed by atoms with Crippen molar-refractivity contribution in [1.82, 2.24) is 15.3 Å². The number of amides is 2. The number of halogens is 3. The van der Waals surface area contributed by atoms with Gasteiger partial charge in [-0.05, 0) is 49.2 Å². The van der Waals surface area contributed by atoms with E-state index in [2.05, 4.69) is 15.3 Å². The highest BCUT2D eigenvalue weighted by atomic mass is 19.4. The van der Waals surface area contributed by atoms with Gasteiger partial charge in [0.25, 0.3) is 0 Å². The molecule has 1 aliphatic heterocycles. The van der Waals surface area contributed by atoms with Crippen LogP contribution < -0.4 is 10.6 Å². The molecule has 0 spiro atoms. The molecular weight excluding hydrogens is 385 g/mol. The van der Waals surface area contributed by atoms with Crippen LogP contribution in [0.3, 0.4) is 0 Å². The number of aromatic nitrogens is 2. The summed E-state index contributed by atoms with van der Waals surface area (Å²) in [5, 5.41) is 4.47. The fraction of sp³-hybridized carbons (Fsp3) is 0.250. The van der Waals surface area contributed by atoms with Crippen molar-refractivity contribution in [2.45, 2.75) is 25.1 Å². The van der Waals surface area contributed by atoms with Gasteiger partial charge >= 0.3 is 6.18 Å². The molecule has 3 N–H and O–H groups in total. The van der Waals surface area contributed by atoms with Crippen molar-refractivity contribution in [3.63, 3.8) is 0 Å². The van der Waals surface area contributed by atoms with E-state index in [0.29, 0.717) is 11.5 Å². The fourth-order valence-electron chi connectivity index (χ4n) is 3.33. The summed E-state index contributed by atoms with van der Waals surface area (Å²) in [4.78, 5) is 32.0. The maximum atomic E-state index is 12.7. The minimum Gasteiger partial charge on any atom is -0.344 e. The predicted octanol–water partition coefficient (Wildman–Crippen LogP) is 3.63. The number of H-pyrrole nitrogens is 1. The zero-order valence-electron chi connectivity index (χ0n) is 15.1. The third-order valence-electron chi connectivity index (χ3n) is 4.90. The number of benzene rings is 2. The first kappa shape index (κ1) is 19.0. The van der Waals surface area contributed by atoms with E-state index in [4.69, 9.17) is 0 Å². The van der Waals surface area contributed by atoms with Crippen LogP contribution in [0, 0.1) is 5.92 Å². The second-order valence-corrected chi connectivity index (χ2v) is 6.90. The Kier molecular flexibility index (Phi) is 4.73. The number of hydrogen-bond donors (Lipinski definition) is 3. The van der Waals surface area contributed by atoms with E-state index in [9.17, 15) is 22.8 Å². The first-order valence-electron chi connectivity index (χ1n) is 9.04. The van der Waals surface area contributed by atoms with Gasteiger partial charge < -0.3 is 15.6 Å². The van der Waals surface area contributed by atoms with Crippen molar-refractivity contribution in [3.05, 3.63) is 48.5 Å². The van der Waals surface area contributed by atoms with Crippen molar-refractivity contribution in [2.24, 2.45) is 5.92 Å². The van der Waals surface area contributed by atoms with Gasteiger partial charge in [0.05, 0.1) is 11.0 Å². The number of anilines is 1. The Bertz CT molecular complexity index is 1030. The molecule has 1 fully saturated rings. The van der Waals surface area contributed by atoms with E-state index >= 15 is 0 Å². The Labute approximate surface area is 163 Å². The monoisotopic (exact) mass is 402 g/mol. The van der Waals surface area contributed by atoms with Gasteiger partial charge in [-0.15, -0.1) is 0 Å². The van der Waals surface area contributed by atoms with E-state index in [1.807, 2.05) is 29.6 Å². The summed E-state index contributed by atoms with van der Waals surface area (Å²) in [5.41, 5.74) is 2.99. The lowest BCUT2D eigenvalue weighted by Crippen LogP contribution is -2.53. The second kappa shape index (κ2) is 7.23. The molecule has 2 atom stereocenters. The van der Waals surface area contributed by atoms with Crippen LogP contribution in [0.5, 0.6) is 0 Å². The smallest absolute Gasteiger partial charge is 0.344 e. The number of aromatic amines is 1. The second-order valence-electron chi connectivity index (χ2n) is 6.90. The van der Waals surface area contributed by atoms with E-state index in [-0.39, 0.29) is 12.8 Å². The number of carbonyl (C=O) groups is 2. The van der Waals surface area contributed by atoms with Crippen molar-refractivity contribution < 1.29 is 22.8 Å². The number of carbonyl (C=O) groups excluding carboxylic acids is 2. The van der Waals surface area contributed by atoms with Gasteiger partial charge in [0.2, 0.25) is 11.8 Å². The van der Waals surface area contributed by atoms with Gasteiger partial charge in [0.15, 0.2) is 0 Å². The van der Waals surface area contributed by atoms with Crippen LogP contribution in [-0.2, 0) is 9.59 Å². The standard InChI is InChI=1S/C20H17F3N4O2/c21-20(22,23)16-10-9-13(19(29)27-16)18(28)24-12-7-5-11(6-8-12)17-25-14-3-1-2-4-15(14)26-17/h1-8,13,16H,9-10H2,(H,24,28)(H,25,26)(H,27,29). The molecule has 2 amide bonds. The van der Waals surface area contributed by atoms with Crippen LogP contribution in [0.15, 0.2) is 48.5 Å². The lowest BCUT2D eigenvalue weighted by atomic mass is 9.92. The molecule has 0 bridgehead atoms. The first-order valence-corrected chi connectivity index (χ1v) is 9.04. The Morgan fingerprint density at radius 3 is 2.45 bits per heavy atom. The molecule has 0 aliphatic carbocycles. The van der Waals surface area contributed by atoms with Gasteiger partial charge in [0, 0.05) is 11.3 Å². The lowest BCUT2D eigenvalue weighted by Gasteiger charge is -2.29. The molecule has 2 aromatic carbocycles. The molecule has 29 heavy (non-hydrogen) atoms. The summed E-state index contributed by atoms with van der Waals surface area (Å²) >= 11 is 0. The maximum absolute atomic E-state index is 12.7. The molecule has 0 saturated carbocycles. The molecule has 1 saturated heterocycles. The summed E-state index contributed by atoms with van der Waals surface area (Å²) in [6.45, 7) is 0. The van der Waals surface area contributed by atoms with Crippen LogP contribution in [0.2, 0.25) is 0 Å². The van der Waals surface area contributed by atoms with Crippen LogP contribution in [0.25, 0.3) is 22.4 Å². The Balaban J connectivity index is 1.42. The number of hydrogen-bond acceptors (Lipinski definition) is 3. The molecule has 2 unspecified atom stereocenters. The van der Waals surface area contributed by atoms with Crippen LogP contribution >= 0.6 is 0 Å². The van der Waals surface area contributed by atoms with Crippen LogP contribution in [-0.4, -0.2) is 34.0 Å². The largest absolute Gasteiger partial charge is 0.408 e. The third kappa shape index (κ3) is 3.94. The number of fused-ring (bicyclic) bond motifs is 1. The number of nitrogens with one attached hydrogen (secondary N) is 3. The Morgan fingerprint density at radius 1 is 1.07 bits per heavy atom. The van der Waals surface area contributed by atoms with Gasteiger partial charge in [-0.1, -0.05) is 12.1 Å². The van der Waals surface area contributed by atoms with Crippen LogP contribution in [0.1, 0.15) is 12.8 Å². The SMILES string of the molecule is O=C(Nc1ccc(-c2nc3ccccc3[nH]2)cc1)C1CCC(C(F)(F)F)NC1=O. The molecular formula is C20H17F3N4O2. The molecule has 150 valence electrons. The molecule has 0 radical (unpaired) electrons. The lowest BCUT2D eigenvalue weighted by molar-refractivity contribution is -0.170. The van der Waals surface area contributed by atoms with Gasteiger partial charge in [-0.3, -0.25) is 9.59 Å². The molecule has 4 rings (SSSR count). The average Bonchev–Trinajstić information content (AvgIpc) is 3.12. The normalized spacial score (nSPS) is 19.8. The fourth-order valence-corrected chi connectivity index (χ4v) is 3.33. The van der Waals surface area contributed by atoms with E-state index < -0.39 is 30.0 Å². The van der Waals surface area contributed by atoms with E-state index in [1.165, 1.54) is 0 Å². The third-order valence-corrected chi connectivity index (χ3v) is 4.90. The quantitative estimate of drug-likeness (QED) is 0.585. The average molecular weight is 402 g/mol. The highest BCUT2D eigenvalue weighted by Gasteiger charge is 2.45. The molecule has 1 aliphatic rings. The molecule has 9 heteroatoms. The van der Waals surface area contributed by atoms with Crippen molar-refractivity contribution in [1.29, 1.82) is 0 Å². The van der Waals surface area contributed by atoms with Crippen LogP contribution in [0.4, 0.5) is 18.9 Å². The molecule has 3 aromatic rings. The number of alkyl halides is 3. The summed E-state index contributed by atoms with van der Waals surface area (Å²) in [5.74, 6) is -2.01. The Morgan fingerprint density at radius 2 is 1.79 bits per heavy atom. The summed E-state index contributed by atoms with van der Waals surface area (Å²) < 4.78 is 38.1. The zero-order chi connectivity index (χ0) is 20.6. The first-order chi connectivity index (χ1) is 13.8. The Hall–Kier alpha value is -3.36. The molecule has 1 aromatic heterocycles. The van der Waals surface area contributed by atoms with Crippen molar-refractivity contribution in [2.75, 3.05) is 5.32 Å². The van der Waals surface area contributed by atoms with Gasteiger partial charge in [0.1, 0.15) is 17.8 Å².